The zero-order valence-corrected chi connectivity index (χ0v) is 20.0. The van der Waals surface area contributed by atoms with Gasteiger partial charge in [0.05, 0.1) is 10.4 Å². The molecule has 0 spiro atoms. The minimum atomic E-state index is -3.55. The zero-order chi connectivity index (χ0) is 23.4. The fourth-order valence-corrected chi connectivity index (χ4v) is 5.20. The third-order valence-corrected chi connectivity index (χ3v) is 7.28. The van der Waals surface area contributed by atoms with Crippen molar-refractivity contribution in [3.05, 3.63) is 29.8 Å². The fraction of sp³-hybridized carbons (Fsp3) is 0.652. The molecule has 3 rings (SSSR count). The number of carbonyl (C=O) groups excluding carboxylic acids is 2. The smallest absolute Gasteiger partial charge is 0.408 e. The Bertz CT molecular complexity index is 910. The van der Waals surface area contributed by atoms with E-state index in [0.29, 0.717) is 5.56 Å². The Hall–Kier alpha value is -2.13. The van der Waals surface area contributed by atoms with Crippen LogP contribution in [0, 0.1) is 0 Å². The van der Waals surface area contributed by atoms with Crippen molar-refractivity contribution in [3.63, 3.8) is 0 Å². The molecule has 0 saturated heterocycles. The highest BCUT2D eigenvalue weighted by Crippen LogP contribution is 2.27. The Morgan fingerprint density at radius 2 is 1.62 bits per heavy atom. The third-order valence-electron chi connectivity index (χ3n) is 5.74. The van der Waals surface area contributed by atoms with Gasteiger partial charge in [0.15, 0.2) is 0 Å². The van der Waals surface area contributed by atoms with Gasteiger partial charge in [-0.25, -0.2) is 17.9 Å². The Kier molecular flexibility index (Phi) is 7.50. The maximum Gasteiger partial charge on any atom is 0.408 e. The van der Waals surface area contributed by atoms with Gasteiger partial charge in [-0.05, 0) is 70.7 Å². The van der Waals surface area contributed by atoms with Crippen molar-refractivity contribution in [2.75, 3.05) is 6.54 Å². The summed E-state index contributed by atoms with van der Waals surface area (Å²) in [5.74, 6) is -0.307. The lowest BCUT2D eigenvalue weighted by Crippen LogP contribution is -2.56. The van der Waals surface area contributed by atoms with E-state index in [2.05, 4.69) is 15.4 Å². The lowest BCUT2D eigenvalue weighted by atomic mass is 9.90. The molecule has 2 aliphatic rings. The first kappa shape index (κ1) is 24.5. The summed E-state index contributed by atoms with van der Waals surface area (Å²) in [6.07, 6.45) is 6.88. The topological polar surface area (TPSA) is 114 Å². The average Bonchev–Trinajstić information content (AvgIpc) is 3.52. The molecule has 8 nitrogen and oxygen atoms in total. The predicted octanol–water partition coefficient (Wildman–Crippen LogP) is 3.47. The predicted molar refractivity (Wildman–Crippen MR) is 122 cm³/mol. The summed E-state index contributed by atoms with van der Waals surface area (Å²) in [7, 11) is -3.55. The number of rotatable bonds is 7. The molecule has 9 heteroatoms. The van der Waals surface area contributed by atoms with Gasteiger partial charge in [-0.2, -0.15) is 0 Å². The molecule has 0 aromatic heterocycles. The van der Waals surface area contributed by atoms with Gasteiger partial charge in [0.1, 0.15) is 5.60 Å². The van der Waals surface area contributed by atoms with Crippen molar-refractivity contribution in [1.82, 2.24) is 15.4 Å². The van der Waals surface area contributed by atoms with E-state index in [1.165, 1.54) is 24.3 Å². The first-order valence-corrected chi connectivity index (χ1v) is 12.9. The highest BCUT2D eigenvalue weighted by Gasteiger charge is 2.35. The zero-order valence-electron chi connectivity index (χ0n) is 19.2. The third kappa shape index (κ3) is 7.20. The molecule has 0 unspecified atom stereocenters. The molecule has 0 aliphatic heterocycles. The molecule has 1 aromatic carbocycles. The molecule has 3 N–H and O–H groups in total. The number of nitrogens with one attached hydrogen (secondary N) is 3. The Morgan fingerprint density at radius 1 is 1.03 bits per heavy atom. The minimum absolute atomic E-state index is 0.0243. The van der Waals surface area contributed by atoms with Gasteiger partial charge >= 0.3 is 6.09 Å². The van der Waals surface area contributed by atoms with Crippen LogP contribution in [0.15, 0.2) is 29.2 Å². The van der Waals surface area contributed by atoms with Crippen LogP contribution in [0.5, 0.6) is 0 Å². The molecular formula is C23H35N3O5S. The number of carbonyl (C=O) groups is 2. The van der Waals surface area contributed by atoms with Crippen molar-refractivity contribution < 1.29 is 22.7 Å². The van der Waals surface area contributed by atoms with Crippen molar-refractivity contribution >= 4 is 22.0 Å². The monoisotopic (exact) mass is 465 g/mol. The Morgan fingerprint density at radius 3 is 2.16 bits per heavy atom. The van der Waals surface area contributed by atoms with Crippen LogP contribution in [-0.2, 0) is 14.8 Å². The number of sulfonamides is 1. The van der Waals surface area contributed by atoms with Crippen molar-refractivity contribution in [3.8, 4) is 0 Å². The number of hydrogen-bond acceptors (Lipinski definition) is 5. The molecular weight excluding hydrogens is 430 g/mol. The van der Waals surface area contributed by atoms with Crippen LogP contribution in [0.4, 0.5) is 4.79 Å². The second-order valence-corrected chi connectivity index (χ2v) is 11.6. The first-order chi connectivity index (χ1) is 15.0. The molecule has 2 aliphatic carbocycles. The number of alkyl carbamates (subject to hydrolysis) is 1. The summed E-state index contributed by atoms with van der Waals surface area (Å²) >= 11 is 0. The van der Waals surface area contributed by atoms with Gasteiger partial charge in [0.25, 0.3) is 5.91 Å². The summed E-state index contributed by atoms with van der Waals surface area (Å²) in [5, 5.41) is 5.96. The molecule has 0 atom stereocenters. The normalized spacial score (nSPS) is 19.0. The molecule has 2 saturated carbocycles. The Labute approximate surface area is 190 Å². The van der Waals surface area contributed by atoms with E-state index in [4.69, 9.17) is 4.74 Å². The van der Waals surface area contributed by atoms with E-state index >= 15 is 0 Å². The minimum Gasteiger partial charge on any atom is -0.444 e. The van der Waals surface area contributed by atoms with Crippen LogP contribution in [0.1, 0.15) is 82.5 Å². The van der Waals surface area contributed by atoms with E-state index in [9.17, 15) is 18.0 Å². The first-order valence-electron chi connectivity index (χ1n) is 11.4. The number of benzene rings is 1. The van der Waals surface area contributed by atoms with Gasteiger partial charge in [0, 0.05) is 18.2 Å². The van der Waals surface area contributed by atoms with Crippen LogP contribution in [0.2, 0.25) is 0 Å². The maximum absolute atomic E-state index is 12.8. The van der Waals surface area contributed by atoms with Crippen molar-refractivity contribution in [2.45, 2.75) is 94.2 Å². The Balaban J connectivity index is 1.64. The van der Waals surface area contributed by atoms with Crippen LogP contribution >= 0.6 is 0 Å². The fourth-order valence-electron chi connectivity index (χ4n) is 3.90. The van der Waals surface area contributed by atoms with Gasteiger partial charge in [0.2, 0.25) is 10.0 Å². The number of hydrogen-bond donors (Lipinski definition) is 3. The van der Waals surface area contributed by atoms with E-state index in [1.54, 1.807) is 0 Å². The van der Waals surface area contributed by atoms with Gasteiger partial charge in [-0.3, -0.25) is 4.79 Å². The molecule has 178 valence electrons. The SMILES string of the molecule is CC(C)(C)OC(=O)NC1(CNC(=O)c2ccc(S(=O)(=O)NC3CC3)cc2)CCCCCC1. The quantitative estimate of drug-likeness (QED) is 0.534. The second-order valence-electron chi connectivity index (χ2n) is 9.92. The molecule has 1 aromatic rings. The molecule has 2 amide bonds. The van der Waals surface area contributed by atoms with E-state index < -0.39 is 27.3 Å². The summed E-state index contributed by atoms with van der Waals surface area (Å²) in [6.45, 7) is 5.74. The number of ether oxygens (including phenoxy) is 1. The standard InChI is InChI=1S/C23H35N3O5S/c1-22(2,3)31-21(28)25-23(14-6-4-5-7-15-23)16-24-20(27)17-8-12-19(13-9-17)32(29,30)26-18-10-11-18/h8-9,12-13,18,26H,4-7,10-11,14-16H2,1-3H3,(H,24,27)(H,25,28). The summed E-state index contributed by atoms with van der Waals surface area (Å²) in [4.78, 5) is 25.4. The van der Waals surface area contributed by atoms with Crippen LogP contribution in [0.3, 0.4) is 0 Å². The van der Waals surface area contributed by atoms with Crippen LogP contribution in [-0.4, -0.2) is 44.1 Å². The maximum atomic E-state index is 12.8. The molecule has 32 heavy (non-hydrogen) atoms. The van der Waals surface area contributed by atoms with Gasteiger partial charge < -0.3 is 15.4 Å². The molecule has 2 fully saturated rings. The van der Waals surface area contributed by atoms with Gasteiger partial charge in [-0.1, -0.05) is 25.7 Å². The molecule has 0 heterocycles. The lowest BCUT2D eigenvalue weighted by molar-refractivity contribution is 0.0437. The molecule has 0 bridgehead atoms. The van der Waals surface area contributed by atoms with Crippen LogP contribution < -0.4 is 15.4 Å². The van der Waals surface area contributed by atoms with Crippen molar-refractivity contribution in [1.29, 1.82) is 0 Å². The van der Waals surface area contributed by atoms with E-state index in [1.807, 2.05) is 20.8 Å². The highest BCUT2D eigenvalue weighted by atomic mass is 32.2. The van der Waals surface area contributed by atoms with E-state index in [-0.39, 0.29) is 23.4 Å². The van der Waals surface area contributed by atoms with Crippen LogP contribution in [0.25, 0.3) is 0 Å². The molecule has 0 radical (unpaired) electrons. The summed E-state index contributed by atoms with van der Waals surface area (Å²) in [6, 6.07) is 5.94. The van der Waals surface area contributed by atoms with E-state index in [0.717, 1.165) is 51.4 Å². The van der Waals surface area contributed by atoms with Crippen molar-refractivity contribution in [2.24, 2.45) is 0 Å². The number of amides is 2. The largest absolute Gasteiger partial charge is 0.444 e. The summed E-state index contributed by atoms with van der Waals surface area (Å²) < 4.78 is 32.7. The van der Waals surface area contributed by atoms with Gasteiger partial charge in [-0.15, -0.1) is 0 Å². The lowest BCUT2D eigenvalue weighted by Gasteiger charge is -2.35. The summed E-state index contributed by atoms with van der Waals surface area (Å²) in [5.41, 5.74) is -0.793. The highest BCUT2D eigenvalue weighted by molar-refractivity contribution is 7.89. The average molecular weight is 466 g/mol. The second kappa shape index (κ2) is 9.79.